The van der Waals surface area contributed by atoms with Gasteiger partial charge in [-0.3, -0.25) is 29.5 Å². The first kappa shape index (κ1) is 23.5. The fourth-order valence-electron chi connectivity index (χ4n) is 4.22. The molecule has 176 valence electrons. The Kier molecular flexibility index (Phi) is 7.21. The van der Waals surface area contributed by atoms with Crippen LogP contribution in [0, 0.1) is 12.8 Å². The van der Waals surface area contributed by atoms with Crippen molar-refractivity contribution in [3.63, 3.8) is 0 Å². The zero-order valence-electron chi connectivity index (χ0n) is 19.3. The highest BCUT2D eigenvalue weighted by atomic mass is 32.1. The number of nitrogens with one attached hydrogen (secondary N) is 1. The number of nitrogens with zero attached hydrogens (tertiary/aromatic N) is 3. The van der Waals surface area contributed by atoms with E-state index in [9.17, 15) is 14.4 Å². The third-order valence-electron chi connectivity index (χ3n) is 6.32. The zero-order valence-corrected chi connectivity index (χ0v) is 20.2. The van der Waals surface area contributed by atoms with Crippen LogP contribution in [0.25, 0.3) is 0 Å². The Morgan fingerprint density at radius 1 is 1.21 bits per heavy atom. The lowest BCUT2D eigenvalue weighted by Crippen LogP contribution is -2.32. The van der Waals surface area contributed by atoms with Gasteiger partial charge in [0.2, 0.25) is 0 Å². The molecule has 3 heterocycles. The molecule has 1 aromatic carbocycles. The number of carbonyl (C=O) groups excluding carboxylic acids is 3. The normalized spacial score (nSPS) is 17.0. The highest BCUT2D eigenvalue weighted by Crippen LogP contribution is 2.28. The summed E-state index contributed by atoms with van der Waals surface area (Å²) >= 11 is 1.49. The average Bonchev–Trinajstić information content (AvgIpc) is 3.26. The molecule has 0 atom stereocenters. The summed E-state index contributed by atoms with van der Waals surface area (Å²) in [5, 5.41) is 3.40. The van der Waals surface area contributed by atoms with Crippen molar-refractivity contribution in [1.29, 1.82) is 0 Å². The van der Waals surface area contributed by atoms with E-state index < -0.39 is 0 Å². The number of anilines is 1. The van der Waals surface area contributed by atoms with Crippen molar-refractivity contribution in [2.24, 2.45) is 5.92 Å². The first-order chi connectivity index (χ1) is 15.9. The Morgan fingerprint density at radius 2 is 1.94 bits per heavy atom. The number of thiazole rings is 1. The van der Waals surface area contributed by atoms with Gasteiger partial charge in [-0.15, -0.1) is 11.3 Å². The van der Waals surface area contributed by atoms with Crippen LogP contribution in [-0.2, 0) is 11.3 Å². The van der Waals surface area contributed by atoms with Gasteiger partial charge in [0, 0.05) is 37.2 Å². The van der Waals surface area contributed by atoms with Gasteiger partial charge in [0.05, 0.1) is 16.8 Å². The average molecular weight is 471 g/mol. The molecule has 8 nitrogen and oxygen atoms in total. The molecule has 0 aliphatic carbocycles. The number of aryl methyl sites for hydroxylation is 1. The van der Waals surface area contributed by atoms with E-state index in [1.165, 1.54) is 35.1 Å². The van der Waals surface area contributed by atoms with Crippen LogP contribution < -0.4 is 5.32 Å². The zero-order chi connectivity index (χ0) is 23.5. The molecule has 0 radical (unpaired) electrons. The number of imide groups is 1. The van der Waals surface area contributed by atoms with Gasteiger partial charge in [0.1, 0.15) is 0 Å². The smallest absolute Gasteiger partial charge is 0.261 e. The summed E-state index contributed by atoms with van der Waals surface area (Å²) < 4.78 is 5.00. The molecular formula is C24H30N4O4S. The van der Waals surface area contributed by atoms with Crippen LogP contribution in [0.2, 0.25) is 0 Å². The minimum absolute atomic E-state index is 0.264. The molecule has 0 saturated carbocycles. The maximum absolute atomic E-state index is 12.9. The number of methoxy groups -OCH3 is 1. The number of ether oxygens (including phenoxy) is 1. The van der Waals surface area contributed by atoms with E-state index in [4.69, 9.17) is 4.74 Å². The first-order valence-corrected chi connectivity index (χ1v) is 12.2. The minimum atomic E-state index is -0.371. The third-order valence-corrected chi connectivity index (χ3v) is 7.38. The van der Waals surface area contributed by atoms with E-state index in [-0.39, 0.29) is 23.3 Å². The number of hydrogen-bond donors (Lipinski definition) is 1. The lowest BCUT2D eigenvalue weighted by atomic mass is 9.99. The summed E-state index contributed by atoms with van der Waals surface area (Å²) in [6.45, 7) is 8.04. The molecule has 4 rings (SSSR count). The number of benzene rings is 1. The topological polar surface area (TPSA) is 91.8 Å². The van der Waals surface area contributed by atoms with Crippen molar-refractivity contribution in [3.8, 4) is 0 Å². The molecule has 33 heavy (non-hydrogen) atoms. The van der Waals surface area contributed by atoms with Crippen molar-refractivity contribution >= 4 is 34.2 Å². The van der Waals surface area contributed by atoms with Crippen LogP contribution in [0.15, 0.2) is 18.2 Å². The number of fused-ring (bicyclic) bond motifs is 1. The largest absolute Gasteiger partial charge is 0.385 e. The number of aromatic nitrogens is 1. The van der Waals surface area contributed by atoms with Gasteiger partial charge in [-0.25, -0.2) is 4.98 Å². The van der Waals surface area contributed by atoms with Gasteiger partial charge >= 0.3 is 0 Å². The van der Waals surface area contributed by atoms with Gasteiger partial charge in [-0.1, -0.05) is 6.92 Å². The second-order valence-electron chi connectivity index (χ2n) is 8.81. The highest BCUT2D eigenvalue weighted by Gasteiger charge is 2.35. The molecule has 0 spiro atoms. The molecule has 0 bridgehead atoms. The summed E-state index contributed by atoms with van der Waals surface area (Å²) in [6, 6.07) is 4.63. The van der Waals surface area contributed by atoms with Crippen molar-refractivity contribution in [2.75, 3.05) is 38.7 Å². The van der Waals surface area contributed by atoms with Gasteiger partial charge in [0.15, 0.2) is 5.13 Å². The highest BCUT2D eigenvalue weighted by molar-refractivity contribution is 7.15. The van der Waals surface area contributed by atoms with Crippen molar-refractivity contribution in [1.82, 2.24) is 14.8 Å². The quantitative estimate of drug-likeness (QED) is 0.468. The number of amides is 3. The maximum Gasteiger partial charge on any atom is 0.261 e. The van der Waals surface area contributed by atoms with Crippen LogP contribution >= 0.6 is 11.3 Å². The second-order valence-corrected chi connectivity index (χ2v) is 9.89. The number of likely N-dealkylation sites (tertiary alicyclic amines) is 1. The summed E-state index contributed by atoms with van der Waals surface area (Å²) in [5.74, 6) is -0.261. The minimum Gasteiger partial charge on any atom is -0.385 e. The maximum atomic E-state index is 12.9. The molecule has 1 fully saturated rings. The third kappa shape index (κ3) is 5.15. The van der Waals surface area contributed by atoms with E-state index in [1.54, 1.807) is 19.2 Å². The Bertz CT molecular complexity index is 1060. The molecule has 1 aromatic heterocycles. The molecular weight excluding hydrogens is 440 g/mol. The Hall–Kier alpha value is -2.62. The van der Waals surface area contributed by atoms with Gasteiger partial charge < -0.3 is 4.74 Å². The van der Waals surface area contributed by atoms with Crippen LogP contribution in [0.4, 0.5) is 5.13 Å². The molecule has 2 aromatic rings. The van der Waals surface area contributed by atoms with Gasteiger partial charge in [-0.2, -0.15) is 0 Å². The SMILES string of the molecule is COCCCN1C(=O)c2ccc(C(=O)Nc3nc(C)c(CN4CCC(C)CC4)s3)cc2C1=O. The lowest BCUT2D eigenvalue weighted by molar-refractivity contribution is 0.0638. The van der Waals surface area contributed by atoms with Crippen LogP contribution in [0.1, 0.15) is 67.8 Å². The second kappa shape index (κ2) is 10.1. The van der Waals surface area contributed by atoms with E-state index in [2.05, 4.69) is 22.1 Å². The van der Waals surface area contributed by atoms with E-state index in [1.807, 2.05) is 6.92 Å². The van der Waals surface area contributed by atoms with E-state index in [0.717, 1.165) is 36.1 Å². The number of rotatable bonds is 8. The van der Waals surface area contributed by atoms with E-state index >= 15 is 0 Å². The molecule has 1 N–H and O–H groups in total. The molecule has 3 amide bonds. The summed E-state index contributed by atoms with van der Waals surface area (Å²) in [4.78, 5) is 47.4. The Balaban J connectivity index is 1.42. The van der Waals surface area contributed by atoms with Gasteiger partial charge in [-0.05, 0) is 63.4 Å². The van der Waals surface area contributed by atoms with Crippen LogP contribution in [0.3, 0.4) is 0 Å². The fraction of sp³-hybridized carbons (Fsp3) is 0.500. The molecule has 9 heteroatoms. The predicted molar refractivity (Wildman–Crippen MR) is 127 cm³/mol. The molecule has 0 unspecified atom stereocenters. The predicted octanol–water partition coefficient (Wildman–Crippen LogP) is 3.57. The number of hydrogen-bond acceptors (Lipinski definition) is 7. The Labute approximate surface area is 197 Å². The fourth-order valence-corrected chi connectivity index (χ4v) is 5.22. The number of carbonyl (C=O) groups is 3. The standard InChI is InChI=1S/C24H30N4O4S/c1-15-7-10-27(11-8-15)14-20-16(2)25-24(33-20)26-21(29)17-5-6-18-19(13-17)23(31)28(22(18)30)9-4-12-32-3/h5-6,13,15H,4,7-12,14H2,1-3H3,(H,25,26,29). The molecule has 2 aliphatic heterocycles. The van der Waals surface area contributed by atoms with Crippen molar-refractivity contribution in [2.45, 2.75) is 39.7 Å². The lowest BCUT2D eigenvalue weighted by Gasteiger charge is -2.29. The monoisotopic (exact) mass is 470 g/mol. The number of piperidine rings is 1. The van der Waals surface area contributed by atoms with Crippen molar-refractivity contribution in [3.05, 3.63) is 45.5 Å². The summed E-state index contributed by atoms with van der Waals surface area (Å²) in [6.07, 6.45) is 2.99. The first-order valence-electron chi connectivity index (χ1n) is 11.4. The Morgan fingerprint density at radius 3 is 2.67 bits per heavy atom. The van der Waals surface area contributed by atoms with E-state index in [0.29, 0.717) is 35.8 Å². The summed E-state index contributed by atoms with van der Waals surface area (Å²) in [7, 11) is 1.58. The van der Waals surface area contributed by atoms with Crippen LogP contribution in [0.5, 0.6) is 0 Å². The van der Waals surface area contributed by atoms with Crippen LogP contribution in [-0.4, -0.2) is 65.9 Å². The molecule has 1 saturated heterocycles. The van der Waals surface area contributed by atoms with Crippen molar-refractivity contribution < 1.29 is 19.1 Å². The van der Waals surface area contributed by atoms with Gasteiger partial charge in [0.25, 0.3) is 17.7 Å². The molecule has 2 aliphatic rings. The summed E-state index contributed by atoms with van der Waals surface area (Å²) in [5.41, 5.74) is 1.85.